The van der Waals surface area contributed by atoms with E-state index in [-0.39, 0.29) is 28.4 Å². The number of rotatable bonds is 7. The van der Waals surface area contributed by atoms with Crippen molar-refractivity contribution in [1.82, 2.24) is 0 Å². The molecule has 4 aromatic carbocycles. The van der Waals surface area contributed by atoms with Gasteiger partial charge in [0.2, 0.25) is 0 Å². The van der Waals surface area contributed by atoms with Crippen LogP contribution in [0.1, 0.15) is 15.9 Å². The van der Waals surface area contributed by atoms with Gasteiger partial charge in [0.15, 0.2) is 11.6 Å². The monoisotopic (exact) mass is 478 g/mol. The summed E-state index contributed by atoms with van der Waals surface area (Å²) in [6.45, 7) is -0.0203. The summed E-state index contributed by atoms with van der Waals surface area (Å²) in [6, 6.07) is 26.1. The van der Waals surface area contributed by atoms with Crippen molar-refractivity contribution in [2.45, 2.75) is 11.4 Å². The number of nitrogens with one attached hydrogen (secondary N) is 1. The largest absolute Gasteiger partial charge is 0.322 e. The van der Waals surface area contributed by atoms with Gasteiger partial charge in [0.25, 0.3) is 15.9 Å². The van der Waals surface area contributed by atoms with Gasteiger partial charge in [0.1, 0.15) is 0 Å². The molecule has 0 unspecified atom stereocenters. The first-order chi connectivity index (χ1) is 16.4. The van der Waals surface area contributed by atoms with Crippen molar-refractivity contribution in [3.63, 3.8) is 0 Å². The first kappa shape index (κ1) is 23.1. The predicted octanol–water partition coefficient (Wildman–Crippen LogP) is 5.61. The van der Waals surface area contributed by atoms with Gasteiger partial charge < -0.3 is 5.32 Å². The summed E-state index contributed by atoms with van der Waals surface area (Å²) < 4.78 is 55.4. The Morgan fingerprint density at radius 2 is 1.38 bits per heavy atom. The van der Waals surface area contributed by atoms with Crippen LogP contribution in [-0.4, -0.2) is 14.3 Å². The highest BCUT2D eigenvalue weighted by atomic mass is 32.2. The molecule has 0 atom stereocenters. The second-order valence-corrected chi connectivity index (χ2v) is 9.27. The van der Waals surface area contributed by atoms with Gasteiger partial charge >= 0.3 is 0 Å². The summed E-state index contributed by atoms with van der Waals surface area (Å²) in [4.78, 5) is 13.2. The van der Waals surface area contributed by atoms with Crippen LogP contribution < -0.4 is 9.62 Å². The number of amides is 1. The van der Waals surface area contributed by atoms with E-state index in [9.17, 15) is 22.0 Å². The van der Waals surface area contributed by atoms with E-state index in [1.165, 1.54) is 30.3 Å². The first-order valence-corrected chi connectivity index (χ1v) is 11.8. The smallest absolute Gasteiger partial charge is 0.264 e. The molecule has 0 bridgehead atoms. The molecule has 4 rings (SSSR count). The highest BCUT2D eigenvalue weighted by molar-refractivity contribution is 7.92. The van der Waals surface area contributed by atoms with Crippen LogP contribution in [0.2, 0.25) is 0 Å². The minimum atomic E-state index is -4.05. The van der Waals surface area contributed by atoms with E-state index in [0.29, 0.717) is 0 Å². The van der Waals surface area contributed by atoms with Crippen molar-refractivity contribution in [3.05, 3.63) is 126 Å². The highest BCUT2D eigenvalue weighted by Gasteiger charge is 2.28. The van der Waals surface area contributed by atoms with Gasteiger partial charge in [0.05, 0.1) is 22.7 Å². The van der Waals surface area contributed by atoms with Crippen molar-refractivity contribution in [1.29, 1.82) is 0 Å². The molecule has 0 saturated heterocycles. The molecule has 8 heteroatoms. The minimum Gasteiger partial charge on any atom is -0.322 e. The molecule has 4 aromatic rings. The van der Waals surface area contributed by atoms with Gasteiger partial charge in [-0.05, 0) is 42.0 Å². The molecule has 0 heterocycles. The lowest BCUT2D eigenvalue weighted by Crippen LogP contribution is -2.32. The number of anilines is 2. The van der Waals surface area contributed by atoms with Gasteiger partial charge in [-0.3, -0.25) is 9.10 Å². The summed E-state index contributed by atoms with van der Waals surface area (Å²) in [5.41, 5.74) is 0.968. The zero-order valence-corrected chi connectivity index (χ0v) is 18.7. The molecular formula is C26H20F2N2O3S. The average molecular weight is 479 g/mol. The van der Waals surface area contributed by atoms with Crippen molar-refractivity contribution in [3.8, 4) is 0 Å². The lowest BCUT2D eigenvalue weighted by molar-refractivity contribution is 0.102. The summed E-state index contributed by atoms with van der Waals surface area (Å²) >= 11 is 0. The Kier molecular flexibility index (Phi) is 6.70. The topological polar surface area (TPSA) is 66.5 Å². The Morgan fingerprint density at radius 1 is 0.765 bits per heavy atom. The Labute approximate surface area is 196 Å². The number of hydrogen-bond acceptors (Lipinski definition) is 3. The summed E-state index contributed by atoms with van der Waals surface area (Å²) in [6.07, 6.45) is 0. The van der Waals surface area contributed by atoms with Crippen LogP contribution in [-0.2, 0) is 16.6 Å². The van der Waals surface area contributed by atoms with E-state index in [0.717, 1.165) is 22.0 Å². The predicted molar refractivity (Wildman–Crippen MR) is 127 cm³/mol. The number of para-hydroxylation sites is 1. The van der Waals surface area contributed by atoms with Crippen LogP contribution in [0.4, 0.5) is 20.2 Å². The molecule has 0 aromatic heterocycles. The van der Waals surface area contributed by atoms with Crippen LogP contribution in [0.3, 0.4) is 0 Å². The zero-order chi connectivity index (χ0) is 24.1. The molecule has 0 aliphatic heterocycles. The molecule has 1 N–H and O–H groups in total. The van der Waals surface area contributed by atoms with E-state index in [1.54, 1.807) is 54.6 Å². The SMILES string of the molecule is O=C(Nc1ccc(F)c(F)c1)c1ccccc1N(Cc1ccccc1)S(=O)(=O)c1ccccc1. The maximum Gasteiger partial charge on any atom is 0.264 e. The maximum absolute atomic E-state index is 13.7. The number of benzene rings is 4. The third kappa shape index (κ3) is 4.97. The number of sulfonamides is 1. The highest BCUT2D eigenvalue weighted by Crippen LogP contribution is 2.30. The summed E-state index contributed by atoms with van der Waals surface area (Å²) in [5, 5.41) is 2.51. The fraction of sp³-hybridized carbons (Fsp3) is 0.0385. The molecule has 0 radical (unpaired) electrons. The van der Waals surface area contributed by atoms with E-state index in [4.69, 9.17) is 0 Å². The third-order valence-electron chi connectivity index (χ3n) is 5.10. The average Bonchev–Trinajstić information content (AvgIpc) is 2.86. The first-order valence-electron chi connectivity index (χ1n) is 10.3. The fourth-order valence-electron chi connectivity index (χ4n) is 3.42. The minimum absolute atomic E-state index is 0.0203. The van der Waals surface area contributed by atoms with Gasteiger partial charge in [-0.25, -0.2) is 17.2 Å². The third-order valence-corrected chi connectivity index (χ3v) is 6.87. The normalized spacial score (nSPS) is 11.1. The van der Waals surface area contributed by atoms with Crippen LogP contribution >= 0.6 is 0 Å². The molecule has 0 spiro atoms. The molecule has 1 amide bonds. The number of halogens is 2. The number of carbonyl (C=O) groups excluding carboxylic acids is 1. The summed E-state index contributed by atoms with van der Waals surface area (Å²) in [7, 11) is -4.05. The van der Waals surface area contributed by atoms with E-state index in [2.05, 4.69) is 5.32 Å². The number of nitrogens with zero attached hydrogens (tertiary/aromatic N) is 1. The molecular weight excluding hydrogens is 458 g/mol. The summed E-state index contributed by atoms with van der Waals surface area (Å²) in [5.74, 6) is -2.81. The van der Waals surface area contributed by atoms with Crippen LogP contribution in [0, 0.1) is 11.6 Å². The molecule has 0 saturated carbocycles. The van der Waals surface area contributed by atoms with Crippen molar-refractivity contribution >= 4 is 27.3 Å². The molecule has 0 aliphatic rings. The molecule has 0 fully saturated rings. The lowest BCUT2D eigenvalue weighted by Gasteiger charge is -2.26. The quantitative estimate of drug-likeness (QED) is 0.375. The van der Waals surface area contributed by atoms with Crippen LogP contribution in [0.15, 0.2) is 108 Å². The standard InChI is InChI=1S/C26H20F2N2O3S/c27-23-16-15-20(17-24(23)28)29-26(31)22-13-7-8-14-25(22)30(18-19-9-3-1-4-10-19)34(32,33)21-11-5-2-6-12-21/h1-17H,18H2,(H,29,31). The van der Waals surface area contributed by atoms with Crippen molar-refractivity contribution < 1.29 is 22.0 Å². The molecule has 172 valence electrons. The second-order valence-electron chi connectivity index (χ2n) is 7.41. The van der Waals surface area contributed by atoms with Gasteiger partial charge in [-0.2, -0.15) is 0 Å². The molecule has 5 nitrogen and oxygen atoms in total. The maximum atomic E-state index is 13.7. The van der Waals surface area contributed by atoms with E-state index < -0.39 is 27.6 Å². The van der Waals surface area contributed by atoms with Gasteiger partial charge in [-0.15, -0.1) is 0 Å². The van der Waals surface area contributed by atoms with Crippen molar-refractivity contribution in [2.24, 2.45) is 0 Å². The molecule has 0 aliphatic carbocycles. The number of carbonyl (C=O) groups is 1. The zero-order valence-electron chi connectivity index (χ0n) is 17.9. The van der Waals surface area contributed by atoms with E-state index >= 15 is 0 Å². The fourth-order valence-corrected chi connectivity index (χ4v) is 4.92. The Bertz CT molecular complexity index is 1410. The van der Waals surface area contributed by atoms with Crippen LogP contribution in [0.25, 0.3) is 0 Å². The number of hydrogen-bond donors (Lipinski definition) is 1. The Morgan fingerprint density at radius 3 is 2.06 bits per heavy atom. The Balaban J connectivity index is 1.77. The van der Waals surface area contributed by atoms with E-state index in [1.807, 2.05) is 6.07 Å². The van der Waals surface area contributed by atoms with Gasteiger partial charge in [0, 0.05) is 11.8 Å². The van der Waals surface area contributed by atoms with Gasteiger partial charge in [-0.1, -0.05) is 60.7 Å². The van der Waals surface area contributed by atoms with Crippen molar-refractivity contribution in [2.75, 3.05) is 9.62 Å². The Hall–Kier alpha value is -4.04. The molecule has 34 heavy (non-hydrogen) atoms. The lowest BCUT2D eigenvalue weighted by atomic mass is 10.1. The van der Waals surface area contributed by atoms with Crippen LogP contribution in [0.5, 0.6) is 0 Å². The second kappa shape index (κ2) is 9.84.